The maximum absolute atomic E-state index is 2.22. The van der Waals surface area contributed by atoms with Gasteiger partial charge >= 0.3 is 0 Å². The summed E-state index contributed by atoms with van der Waals surface area (Å²) in [6, 6.07) is 0. The van der Waals surface area contributed by atoms with Gasteiger partial charge in [0.15, 0.2) is 0 Å². The zero-order valence-electron chi connectivity index (χ0n) is 4.86. The van der Waals surface area contributed by atoms with Crippen LogP contribution in [-0.4, -0.2) is 13.8 Å². The Morgan fingerprint density at radius 3 is 2.17 bits per heavy atom. The van der Waals surface area contributed by atoms with E-state index in [1.165, 1.54) is 6.32 Å². The Bertz CT molecular complexity index is 24.7. The highest BCUT2D eigenvalue weighted by molar-refractivity contribution is 7.11. The third-order valence-electron chi connectivity index (χ3n) is 1.21. The summed E-state index contributed by atoms with van der Waals surface area (Å²) < 4.78 is 0. The Kier molecular flexibility index (Phi) is 3.40. The van der Waals surface area contributed by atoms with E-state index < -0.39 is 0 Å². The third-order valence-corrected chi connectivity index (χ3v) is 1.21. The molecule has 1 radical (unpaired) electrons. The van der Waals surface area contributed by atoms with E-state index in [0.29, 0.717) is 0 Å². The van der Waals surface area contributed by atoms with Crippen LogP contribution < -0.4 is 0 Å². The molecule has 0 unspecified atom stereocenters. The number of hydrogen-bond donors (Lipinski definition) is 0. The molecule has 0 aromatic rings. The van der Waals surface area contributed by atoms with E-state index in [1.807, 2.05) is 0 Å². The number of hydrogen-bond acceptors (Lipinski definition) is 0. The summed E-state index contributed by atoms with van der Waals surface area (Å²) in [4.78, 5) is 0. The average molecular weight is 80.8 g/mol. The predicted octanol–water partition coefficient (Wildman–Crippen LogP) is 1.38. The summed E-state index contributed by atoms with van der Waals surface area (Å²) in [5, 5.41) is 0. The molecule has 0 saturated carbocycles. The van der Waals surface area contributed by atoms with Crippen molar-refractivity contribution in [1.82, 2.24) is 0 Å². The molecule has 33 valence electrons. The SMILES string of the molecule is C[B]B(C)CC. The van der Waals surface area contributed by atoms with Crippen molar-refractivity contribution in [3.63, 3.8) is 0 Å². The fraction of sp³-hybridized carbons (Fsp3) is 1.00. The Morgan fingerprint density at radius 2 is 2.17 bits per heavy atom. The molecule has 2 heteroatoms. The van der Waals surface area contributed by atoms with Crippen LogP contribution in [-0.2, 0) is 0 Å². The summed E-state index contributed by atoms with van der Waals surface area (Å²) in [6.45, 7) is 7.34. The molecule has 0 aliphatic carbocycles. The van der Waals surface area contributed by atoms with Crippen LogP contribution in [0.3, 0.4) is 0 Å². The van der Waals surface area contributed by atoms with Crippen molar-refractivity contribution in [1.29, 1.82) is 0 Å². The first-order valence-corrected chi connectivity index (χ1v) is 2.60. The minimum Gasteiger partial charge on any atom is -0.0992 e. The van der Waals surface area contributed by atoms with Crippen LogP contribution in [0.5, 0.6) is 0 Å². The van der Waals surface area contributed by atoms with E-state index in [1.54, 1.807) is 0 Å². The minimum absolute atomic E-state index is 0.810. The van der Waals surface area contributed by atoms with Gasteiger partial charge in [0.25, 0.3) is 0 Å². The van der Waals surface area contributed by atoms with Gasteiger partial charge in [-0.15, -0.1) is 0 Å². The molecule has 0 saturated heterocycles. The molecule has 0 fully saturated rings. The van der Waals surface area contributed by atoms with E-state index in [4.69, 9.17) is 0 Å². The summed E-state index contributed by atoms with van der Waals surface area (Å²) in [7, 11) is 2.22. The van der Waals surface area contributed by atoms with Gasteiger partial charge in [0.2, 0.25) is 0 Å². The zero-order valence-corrected chi connectivity index (χ0v) is 4.86. The van der Waals surface area contributed by atoms with E-state index in [9.17, 15) is 0 Å². The lowest BCUT2D eigenvalue weighted by Crippen LogP contribution is -2.11. The lowest BCUT2D eigenvalue weighted by Gasteiger charge is -1.92. The van der Waals surface area contributed by atoms with Crippen molar-refractivity contribution in [3.05, 3.63) is 0 Å². The van der Waals surface area contributed by atoms with Crippen LogP contribution >= 0.6 is 0 Å². The first kappa shape index (κ1) is 6.13. The highest BCUT2D eigenvalue weighted by Crippen LogP contribution is 1.84. The Morgan fingerprint density at radius 1 is 1.67 bits per heavy atom. The maximum atomic E-state index is 2.22. The fourth-order valence-electron chi connectivity index (χ4n) is 0.236. The second kappa shape index (κ2) is 3.32. The third kappa shape index (κ3) is 2.37. The molecule has 0 aliphatic heterocycles. The van der Waals surface area contributed by atoms with E-state index in [-0.39, 0.29) is 0 Å². The molecule has 0 bridgehead atoms. The molecular weight excluding hydrogens is 69.7 g/mol. The van der Waals surface area contributed by atoms with Gasteiger partial charge in [0, 0.05) is 0 Å². The summed E-state index contributed by atoms with van der Waals surface area (Å²) in [5.41, 5.74) is 0. The van der Waals surface area contributed by atoms with Crippen LogP contribution in [0.15, 0.2) is 0 Å². The van der Waals surface area contributed by atoms with Gasteiger partial charge in [0.1, 0.15) is 0 Å². The monoisotopic (exact) mass is 81.1 g/mol. The largest absolute Gasteiger partial charge is 0.0992 e. The predicted molar refractivity (Wildman–Crippen MR) is 33.7 cm³/mol. The molecule has 6 heavy (non-hydrogen) atoms. The highest BCUT2D eigenvalue weighted by atomic mass is 13.4. The van der Waals surface area contributed by atoms with Gasteiger partial charge < -0.3 is 0 Å². The molecule has 0 aromatic carbocycles. The van der Waals surface area contributed by atoms with Crippen LogP contribution in [0.2, 0.25) is 20.0 Å². The summed E-state index contributed by atoms with van der Waals surface area (Å²) in [6.07, 6.45) is 1.27. The highest BCUT2D eigenvalue weighted by Gasteiger charge is 1.95. The van der Waals surface area contributed by atoms with Gasteiger partial charge in [0.05, 0.1) is 13.8 Å². The maximum Gasteiger partial charge on any atom is 0.0962 e. The molecule has 0 heterocycles. The molecular formula is C4H11B2. The van der Waals surface area contributed by atoms with Gasteiger partial charge in [-0.3, -0.25) is 0 Å². The Hall–Kier alpha value is 0.130. The van der Waals surface area contributed by atoms with Gasteiger partial charge in [-0.25, -0.2) is 0 Å². The normalized spacial score (nSPS) is 7.83. The van der Waals surface area contributed by atoms with Gasteiger partial charge in [-0.2, -0.15) is 0 Å². The van der Waals surface area contributed by atoms with Crippen molar-refractivity contribution in [2.24, 2.45) is 0 Å². The van der Waals surface area contributed by atoms with Crippen LogP contribution in [0.4, 0.5) is 0 Å². The van der Waals surface area contributed by atoms with Crippen molar-refractivity contribution in [3.8, 4) is 0 Å². The molecule has 0 nitrogen and oxygen atoms in total. The summed E-state index contributed by atoms with van der Waals surface area (Å²) >= 11 is 0. The second-order valence-electron chi connectivity index (χ2n) is 1.72. The first-order chi connectivity index (χ1) is 2.81. The van der Waals surface area contributed by atoms with E-state index >= 15 is 0 Å². The average Bonchev–Trinajstić information content (AvgIpc) is 1.65. The molecule has 0 spiro atoms. The van der Waals surface area contributed by atoms with Crippen molar-refractivity contribution in [2.45, 2.75) is 26.9 Å². The van der Waals surface area contributed by atoms with Crippen molar-refractivity contribution < 1.29 is 0 Å². The Balaban J connectivity index is 2.75. The lowest BCUT2D eigenvalue weighted by molar-refractivity contribution is 1.44. The number of rotatable bonds is 2. The molecule has 0 atom stereocenters. The minimum atomic E-state index is 0.810. The lowest BCUT2D eigenvalue weighted by atomic mass is 9.23. The molecule has 0 rings (SSSR count). The van der Waals surface area contributed by atoms with Gasteiger partial charge in [-0.05, 0) is 0 Å². The summed E-state index contributed by atoms with van der Waals surface area (Å²) in [5.74, 6) is 0. The standard InChI is InChI=1S/C4H11B2/c1-4-6(3)5-2/h4H2,1-3H3. The molecule has 0 aliphatic rings. The van der Waals surface area contributed by atoms with Crippen molar-refractivity contribution >= 4 is 13.8 Å². The fourth-order valence-corrected chi connectivity index (χ4v) is 0.236. The molecule has 0 aromatic heterocycles. The van der Waals surface area contributed by atoms with Crippen LogP contribution in [0.1, 0.15) is 6.92 Å². The zero-order chi connectivity index (χ0) is 4.99. The van der Waals surface area contributed by atoms with Crippen LogP contribution in [0.25, 0.3) is 0 Å². The first-order valence-electron chi connectivity index (χ1n) is 2.60. The van der Waals surface area contributed by atoms with E-state index in [0.717, 1.165) is 6.60 Å². The van der Waals surface area contributed by atoms with E-state index in [2.05, 4.69) is 27.7 Å². The quantitative estimate of drug-likeness (QED) is 0.440. The second-order valence-corrected chi connectivity index (χ2v) is 1.72. The molecule has 0 N–H and O–H groups in total. The van der Waals surface area contributed by atoms with Crippen LogP contribution in [0, 0.1) is 0 Å². The van der Waals surface area contributed by atoms with Gasteiger partial charge in [-0.1, -0.05) is 26.9 Å². The smallest absolute Gasteiger partial charge is 0.0962 e. The molecule has 0 amide bonds. The van der Waals surface area contributed by atoms with Crippen molar-refractivity contribution in [2.75, 3.05) is 0 Å². The topological polar surface area (TPSA) is 0 Å². The Labute approximate surface area is 41.6 Å².